The number of aromatic nitrogens is 4. The Kier molecular flexibility index (Phi) is 2.42. The normalized spacial score (nSPS) is 10.2. The summed E-state index contributed by atoms with van der Waals surface area (Å²) in [7, 11) is 0. The Labute approximate surface area is 91.3 Å². The monoisotopic (exact) mass is 270 g/mol. The van der Waals surface area contributed by atoms with E-state index < -0.39 is 11.8 Å². The average Bonchev–Trinajstić information content (AvgIpc) is 2.68. The molecule has 8 heteroatoms. The minimum absolute atomic E-state index is 0.0279. The van der Waals surface area contributed by atoms with Crippen LogP contribution >= 0.6 is 15.9 Å². The fourth-order valence-corrected chi connectivity index (χ4v) is 1.03. The fourth-order valence-electron chi connectivity index (χ4n) is 0.824. The van der Waals surface area contributed by atoms with Crippen molar-refractivity contribution in [3.8, 4) is 11.7 Å². The van der Waals surface area contributed by atoms with E-state index in [1.165, 1.54) is 12.4 Å². The van der Waals surface area contributed by atoms with Gasteiger partial charge >= 0.3 is 5.97 Å². The maximum atomic E-state index is 10.5. The molecule has 7 nitrogen and oxygen atoms in total. The minimum Gasteiger partial charge on any atom is -0.475 e. The van der Waals surface area contributed by atoms with Gasteiger partial charge in [0.1, 0.15) is 0 Å². The molecular formula is C7H3BrN4O3. The summed E-state index contributed by atoms with van der Waals surface area (Å²) in [6.07, 6.45) is 2.99. The van der Waals surface area contributed by atoms with Gasteiger partial charge in [-0.05, 0) is 21.1 Å². The zero-order valence-corrected chi connectivity index (χ0v) is 8.67. The summed E-state index contributed by atoms with van der Waals surface area (Å²) in [4.78, 5) is 21.8. The summed E-state index contributed by atoms with van der Waals surface area (Å²) >= 11 is 3.16. The van der Waals surface area contributed by atoms with Gasteiger partial charge < -0.3 is 9.63 Å². The Morgan fingerprint density at radius 1 is 1.40 bits per heavy atom. The van der Waals surface area contributed by atoms with Crippen molar-refractivity contribution in [1.29, 1.82) is 0 Å². The molecular weight excluding hydrogens is 268 g/mol. The van der Waals surface area contributed by atoms with Gasteiger partial charge in [-0.15, -0.1) is 0 Å². The van der Waals surface area contributed by atoms with Crippen molar-refractivity contribution in [3.05, 3.63) is 22.7 Å². The highest BCUT2D eigenvalue weighted by molar-refractivity contribution is 9.10. The van der Waals surface area contributed by atoms with E-state index in [1.807, 2.05) is 0 Å². The van der Waals surface area contributed by atoms with E-state index >= 15 is 0 Å². The number of hydrogen-bond acceptors (Lipinski definition) is 6. The second kappa shape index (κ2) is 3.73. The van der Waals surface area contributed by atoms with Crippen LogP contribution in [0.4, 0.5) is 0 Å². The van der Waals surface area contributed by atoms with Crippen molar-refractivity contribution in [2.75, 3.05) is 0 Å². The number of nitrogens with zero attached hydrogens (tertiary/aromatic N) is 4. The summed E-state index contributed by atoms with van der Waals surface area (Å²) in [5.41, 5.74) is 0. The molecule has 0 unspecified atom stereocenters. The van der Waals surface area contributed by atoms with Crippen molar-refractivity contribution in [3.63, 3.8) is 0 Å². The highest BCUT2D eigenvalue weighted by Gasteiger charge is 2.15. The van der Waals surface area contributed by atoms with E-state index in [4.69, 9.17) is 5.11 Å². The summed E-state index contributed by atoms with van der Waals surface area (Å²) in [5, 5.41) is 11.8. The van der Waals surface area contributed by atoms with Crippen LogP contribution < -0.4 is 0 Å². The van der Waals surface area contributed by atoms with E-state index in [-0.39, 0.29) is 11.7 Å². The van der Waals surface area contributed by atoms with Crippen molar-refractivity contribution < 1.29 is 14.4 Å². The second-order valence-corrected chi connectivity index (χ2v) is 3.37. The van der Waals surface area contributed by atoms with E-state index in [2.05, 4.69) is 40.6 Å². The first-order valence-electron chi connectivity index (χ1n) is 3.72. The lowest BCUT2D eigenvalue weighted by Crippen LogP contribution is -1.98. The zero-order valence-electron chi connectivity index (χ0n) is 7.09. The molecule has 76 valence electrons. The van der Waals surface area contributed by atoms with Gasteiger partial charge in [-0.25, -0.2) is 14.8 Å². The number of halogens is 1. The Morgan fingerprint density at radius 3 is 2.60 bits per heavy atom. The maximum Gasteiger partial charge on any atom is 0.377 e. The molecule has 0 amide bonds. The van der Waals surface area contributed by atoms with Gasteiger partial charge in [-0.1, -0.05) is 0 Å². The molecule has 0 aliphatic rings. The largest absolute Gasteiger partial charge is 0.475 e. The third-order valence-corrected chi connectivity index (χ3v) is 1.84. The van der Waals surface area contributed by atoms with E-state index in [9.17, 15) is 4.79 Å². The first-order chi connectivity index (χ1) is 7.16. The van der Waals surface area contributed by atoms with Gasteiger partial charge in [0.25, 0.3) is 11.7 Å². The molecule has 1 N–H and O–H groups in total. The van der Waals surface area contributed by atoms with Gasteiger partial charge in [0.15, 0.2) is 0 Å². The molecule has 0 aliphatic heterocycles. The van der Waals surface area contributed by atoms with E-state index in [0.717, 1.165) is 0 Å². The van der Waals surface area contributed by atoms with Crippen LogP contribution in [0.2, 0.25) is 0 Å². The first kappa shape index (κ1) is 9.71. The molecule has 0 saturated carbocycles. The number of hydrogen-bond donors (Lipinski definition) is 1. The molecule has 2 aromatic heterocycles. The highest BCUT2D eigenvalue weighted by atomic mass is 79.9. The molecule has 0 atom stereocenters. The van der Waals surface area contributed by atoms with E-state index in [1.54, 1.807) is 0 Å². The molecule has 0 radical (unpaired) electrons. The minimum atomic E-state index is -1.26. The molecule has 2 heterocycles. The number of rotatable bonds is 2. The zero-order chi connectivity index (χ0) is 10.8. The van der Waals surface area contributed by atoms with Crippen LogP contribution in [0.3, 0.4) is 0 Å². The lowest BCUT2D eigenvalue weighted by atomic mass is 10.5. The smallest absolute Gasteiger partial charge is 0.377 e. The summed E-state index contributed by atoms with van der Waals surface area (Å²) in [6, 6.07) is 0. The number of carboxylic acid groups (broad SMARTS) is 1. The van der Waals surface area contributed by atoms with Crippen LogP contribution in [0.1, 0.15) is 10.6 Å². The molecule has 0 aromatic carbocycles. The SMILES string of the molecule is O=C(O)c1noc(-c2ncc(Br)cn2)n1. The van der Waals surface area contributed by atoms with Crippen LogP contribution in [0.15, 0.2) is 21.4 Å². The summed E-state index contributed by atoms with van der Waals surface area (Å²) < 4.78 is 5.37. The highest BCUT2D eigenvalue weighted by Crippen LogP contribution is 2.13. The molecule has 0 bridgehead atoms. The Bertz CT molecular complexity index is 495. The number of aromatic carboxylic acids is 1. The lowest BCUT2D eigenvalue weighted by molar-refractivity contribution is 0.0680. The number of carboxylic acids is 1. The molecule has 0 fully saturated rings. The molecule has 2 rings (SSSR count). The predicted octanol–water partition coefficient (Wildman–Crippen LogP) is 0.987. The van der Waals surface area contributed by atoms with Gasteiger partial charge in [-0.3, -0.25) is 0 Å². The van der Waals surface area contributed by atoms with Crippen molar-refractivity contribution in [2.45, 2.75) is 0 Å². The lowest BCUT2D eigenvalue weighted by Gasteiger charge is -1.90. The second-order valence-electron chi connectivity index (χ2n) is 2.45. The Balaban J connectivity index is 2.37. The van der Waals surface area contributed by atoms with Crippen LogP contribution in [0, 0.1) is 0 Å². The molecule has 2 aromatic rings. The molecule has 15 heavy (non-hydrogen) atoms. The summed E-state index contributed by atoms with van der Waals surface area (Å²) in [5.74, 6) is -1.53. The van der Waals surface area contributed by atoms with Gasteiger partial charge in [-0.2, -0.15) is 4.98 Å². The predicted molar refractivity (Wildman–Crippen MR) is 50.0 cm³/mol. The van der Waals surface area contributed by atoms with Gasteiger partial charge in [0.05, 0.1) is 4.47 Å². The fraction of sp³-hybridized carbons (Fsp3) is 0. The molecule has 0 aliphatic carbocycles. The maximum absolute atomic E-state index is 10.5. The van der Waals surface area contributed by atoms with Gasteiger partial charge in [0.2, 0.25) is 5.82 Å². The first-order valence-corrected chi connectivity index (χ1v) is 4.51. The third-order valence-electron chi connectivity index (χ3n) is 1.43. The van der Waals surface area contributed by atoms with Gasteiger partial charge in [0, 0.05) is 12.4 Å². The van der Waals surface area contributed by atoms with Crippen LogP contribution in [0.25, 0.3) is 11.7 Å². The standard InChI is InChI=1S/C7H3BrN4O3/c8-3-1-9-4(10-2-3)6-11-5(7(13)14)12-15-6/h1-2H,(H,13,14). The Morgan fingerprint density at radius 2 is 2.07 bits per heavy atom. The molecule has 0 spiro atoms. The summed E-state index contributed by atoms with van der Waals surface area (Å²) in [6.45, 7) is 0. The molecule has 0 saturated heterocycles. The van der Waals surface area contributed by atoms with Crippen molar-refractivity contribution in [2.24, 2.45) is 0 Å². The van der Waals surface area contributed by atoms with Crippen LogP contribution in [-0.2, 0) is 0 Å². The third kappa shape index (κ3) is 1.99. The van der Waals surface area contributed by atoms with Crippen LogP contribution in [0.5, 0.6) is 0 Å². The average molecular weight is 271 g/mol. The topological polar surface area (TPSA) is 102 Å². The number of carbonyl (C=O) groups is 1. The van der Waals surface area contributed by atoms with Crippen LogP contribution in [-0.4, -0.2) is 31.2 Å². The Hall–Kier alpha value is -1.83. The van der Waals surface area contributed by atoms with Crippen molar-refractivity contribution >= 4 is 21.9 Å². The quantitative estimate of drug-likeness (QED) is 0.868. The van der Waals surface area contributed by atoms with Crippen molar-refractivity contribution in [1.82, 2.24) is 20.1 Å². The van der Waals surface area contributed by atoms with E-state index in [0.29, 0.717) is 4.47 Å².